The third-order valence-electron chi connectivity index (χ3n) is 3.75. The van der Waals surface area contributed by atoms with E-state index >= 15 is 0 Å². The van der Waals surface area contributed by atoms with Crippen molar-refractivity contribution in [3.8, 4) is 0 Å². The first-order valence-corrected chi connectivity index (χ1v) is 6.63. The van der Waals surface area contributed by atoms with E-state index in [0.717, 1.165) is 25.2 Å². The molecule has 3 nitrogen and oxygen atoms in total. The molecule has 1 aliphatic rings. The van der Waals surface area contributed by atoms with Gasteiger partial charge in [-0.3, -0.25) is 4.79 Å². The number of carbonyl (C=O) groups is 1. The van der Waals surface area contributed by atoms with E-state index in [4.69, 9.17) is 0 Å². The Hall–Kier alpha value is -1.06. The average Bonchev–Trinajstić information content (AvgIpc) is 2.78. The normalized spacial score (nSPS) is 22.1. The number of halogens is 1. The minimum atomic E-state index is -0.267. The molecule has 1 fully saturated rings. The first kappa shape index (κ1) is 16.0. The SMILES string of the molecule is CC(C)c1ccc(NC(=O)C2(C)CCNC2)cc1.Cl. The van der Waals surface area contributed by atoms with Crippen LogP contribution in [-0.4, -0.2) is 19.0 Å². The Morgan fingerprint density at radius 3 is 2.42 bits per heavy atom. The van der Waals surface area contributed by atoms with Crippen LogP contribution in [0, 0.1) is 5.41 Å². The van der Waals surface area contributed by atoms with Crippen molar-refractivity contribution in [2.45, 2.75) is 33.1 Å². The molecule has 2 N–H and O–H groups in total. The number of carbonyl (C=O) groups excluding carboxylic acids is 1. The first-order valence-electron chi connectivity index (χ1n) is 6.63. The Bertz CT molecular complexity index is 422. The number of rotatable bonds is 3. The van der Waals surface area contributed by atoms with Crippen LogP contribution >= 0.6 is 12.4 Å². The summed E-state index contributed by atoms with van der Waals surface area (Å²) < 4.78 is 0. The Labute approximate surface area is 121 Å². The van der Waals surface area contributed by atoms with Crippen molar-refractivity contribution in [2.24, 2.45) is 5.41 Å². The van der Waals surface area contributed by atoms with E-state index in [2.05, 4.69) is 36.6 Å². The van der Waals surface area contributed by atoms with E-state index in [0.29, 0.717) is 5.92 Å². The summed E-state index contributed by atoms with van der Waals surface area (Å²) in [4.78, 5) is 12.2. The lowest BCUT2D eigenvalue weighted by atomic mass is 9.88. The smallest absolute Gasteiger partial charge is 0.231 e. The molecular weight excluding hydrogens is 260 g/mol. The van der Waals surface area contributed by atoms with E-state index in [1.165, 1.54) is 5.56 Å². The molecule has 2 rings (SSSR count). The summed E-state index contributed by atoms with van der Waals surface area (Å²) in [5, 5.41) is 6.25. The van der Waals surface area contributed by atoms with Crippen LogP contribution in [0.4, 0.5) is 5.69 Å². The Morgan fingerprint density at radius 1 is 1.32 bits per heavy atom. The fourth-order valence-electron chi connectivity index (χ4n) is 2.24. The predicted molar refractivity (Wildman–Crippen MR) is 82.0 cm³/mol. The highest BCUT2D eigenvalue weighted by Gasteiger charge is 2.36. The highest BCUT2D eigenvalue weighted by Crippen LogP contribution is 2.26. The summed E-state index contributed by atoms with van der Waals surface area (Å²) in [6.45, 7) is 8.04. The van der Waals surface area contributed by atoms with Crippen LogP contribution in [0.15, 0.2) is 24.3 Å². The van der Waals surface area contributed by atoms with Crippen LogP contribution in [0.25, 0.3) is 0 Å². The molecule has 0 bridgehead atoms. The van der Waals surface area contributed by atoms with Gasteiger partial charge in [0.2, 0.25) is 5.91 Å². The summed E-state index contributed by atoms with van der Waals surface area (Å²) in [5.74, 6) is 0.635. The second kappa shape index (κ2) is 6.40. The summed E-state index contributed by atoms with van der Waals surface area (Å²) in [6.07, 6.45) is 0.906. The van der Waals surface area contributed by atoms with Gasteiger partial charge in [0.05, 0.1) is 5.41 Å². The van der Waals surface area contributed by atoms with Crippen molar-refractivity contribution in [3.05, 3.63) is 29.8 Å². The second-order valence-corrected chi connectivity index (χ2v) is 5.72. The molecule has 0 aliphatic carbocycles. The second-order valence-electron chi connectivity index (χ2n) is 5.72. The van der Waals surface area contributed by atoms with Gasteiger partial charge in [-0.2, -0.15) is 0 Å². The zero-order valence-corrected chi connectivity index (χ0v) is 12.6. The van der Waals surface area contributed by atoms with Crippen molar-refractivity contribution in [3.63, 3.8) is 0 Å². The van der Waals surface area contributed by atoms with Crippen molar-refractivity contribution >= 4 is 24.0 Å². The van der Waals surface area contributed by atoms with Crippen LogP contribution in [0.2, 0.25) is 0 Å². The van der Waals surface area contributed by atoms with E-state index in [9.17, 15) is 4.79 Å². The van der Waals surface area contributed by atoms with Gasteiger partial charge in [0, 0.05) is 12.2 Å². The van der Waals surface area contributed by atoms with E-state index < -0.39 is 0 Å². The number of hydrogen-bond donors (Lipinski definition) is 2. The zero-order valence-electron chi connectivity index (χ0n) is 11.8. The molecular formula is C15H23ClN2O. The molecule has 0 saturated carbocycles. The van der Waals surface area contributed by atoms with Gasteiger partial charge in [0.25, 0.3) is 0 Å². The molecule has 1 saturated heterocycles. The maximum absolute atomic E-state index is 12.2. The molecule has 1 aromatic carbocycles. The molecule has 0 radical (unpaired) electrons. The topological polar surface area (TPSA) is 41.1 Å². The minimum Gasteiger partial charge on any atom is -0.326 e. The number of anilines is 1. The Balaban J connectivity index is 0.00000180. The lowest BCUT2D eigenvalue weighted by Gasteiger charge is -2.21. The first-order chi connectivity index (χ1) is 8.51. The molecule has 0 aromatic heterocycles. The van der Waals surface area contributed by atoms with Crippen LogP contribution in [0.5, 0.6) is 0 Å². The molecule has 4 heteroatoms. The van der Waals surface area contributed by atoms with Gasteiger partial charge >= 0.3 is 0 Å². The summed E-state index contributed by atoms with van der Waals surface area (Å²) >= 11 is 0. The van der Waals surface area contributed by atoms with Crippen LogP contribution in [-0.2, 0) is 4.79 Å². The third-order valence-corrected chi connectivity index (χ3v) is 3.75. The van der Waals surface area contributed by atoms with Crippen molar-refractivity contribution in [1.82, 2.24) is 5.32 Å². The molecule has 0 spiro atoms. The Kier molecular flexibility index (Phi) is 5.39. The molecule has 1 atom stereocenters. The summed E-state index contributed by atoms with van der Waals surface area (Å²) in [5.41, 5.74) is 1.91. The molecule has 1 heterocycles. The maximum Gasteiger partial charge on any atom is 0.231 e. The standard InChI is InChI=1S/C15H22N2O.ClH/c1-11(2)12-4-6-13(7-5-12)17-14(18)15(3)8-9-16-10-15;/h4-7,11,16H,8-10H2,1-3H3,(H,17,18);1H. The van der Waals surface area contributed by atoms with Gasteiger partial charge in [-0.15, -0.1) is 12.4 Å². The monoisotopic (exact) mass is 282 g/mol. The summed E-state index contributed by atoms with van der Waals surface area (Å²) in [6, 6.07) is 8.13. The Morgan fingerprint density at radius 2 is 1.95 bits per heavy atom. The largest absolute Gasteiger partial charge is 0.326 e. The maximum atomic E-state index is 12.2. The number of hydrogen-bond acceptors (Lipinski definition) is 2. The van der Waals surface area contributed by atoms with E-state index in [1.807, 2.05) is 19.1 Å². The van der Waals surface area contributed by atoms with E-state index in [-0.39, 0.29) is 23.7 Å². The number of amides is 1. The fraction of sp³-hybridized carbons (Fsp3) is 0.533. The molecule has 1 amide bonds. The predicted octanol–water partition coefficient (Wildman–Crippen LogP) is 3.17. The van der Waals surface area contributed by atoms with Gasteiger partial charge < -0.3 is 10.6 Å². The lowest BCUT2D eigenvalue weighted by Crippen LogP contribution is -2.35. The van der Waals surface area contributed by atoms with Gasteiger partial charge in [0.15, 0.2) is 0 Å². The lowest BCUT2D eigenvalue weighted by molar-refractivity contribution is -0.123. The number of nitrogens with one attached hydrogen (secondary N) is 2. The molecule has 1 aliphatic heterocycles. The number of benzene rings is 1. The highest BCUT2D eigenvalue weighted by molar-refractivity contribution is 5.95. The molecule has 1 aromatic rings. The summed E-state index contributed by atoms with van der Waals surface area (Å²) in [7, 11) is 0. The van der Waals surface area contributed by atoms with Gasteiger partial charge in [-0.1, -0.05) is 26.0 Å². The van der Waals surface area contributed by atoms with Crippen molar-refractivity contribution in [2.75, 3.05) is 18.4 Å². The minimum absolute atomic E-state index is 0. The van der Waals surface area contributed by atoms with Crippen LogP contribution in [0.3, 0.4) is 0 Å². The average molecular weight is 283 g/mol. The van der Waals surface area contributed by atoms with Gasteiger partial charge in [-0.05, 0) is 43.5 Å². The molecule has 19 heavy (non-hydrogen) atoms. The zero-order chi connectivity index (χ0) is 13.2. The van der Waals surface area contributed by atoms with Crippen molar-refractivity contribution < 1.29 is 4.79 Å². The fourth-order valence-corrected chi connectivity index (χ4v) is 2.24. The third kappa shape index (κ3) is 3.71. The van der Waals surface area contributed by atoms with Crippen LogP contribution < -0.4 is 10.6 Å². The van der Waals surface area contributed by atoms with Crippen molar-refractivity contribution in [1.29, 1.82) is 0 Å². The molecule has 1 unspecified atom stereocenters. The quantitative estimate of drug-likeness (QED) is 0.894. The van der Waals surface area contributed by atoms with Gasteiger partial charge in [0.1, 0.15) is 0 Å². The molecule has 106 valence electrons. The van der Waals surface area contributed by atoms with Gasteiger partial charge in [-0.25, -0.2) is 0 Å². The highest BCUT2D eigenvalue weighted by atomic mass is 35.5. The van der Waals surface area contributed by atoms with E-state index in [1.54, 1.807) is 0 Å². The van der Waals surface area contributed by atoms with Crippen LogP contribution in [0.1, 0.15) is 38.7 Å².